The Hall–Kier alpha value is -3.33. The standard InChI is InChI=1S/C27H28F3NO4S/c1-2-3-4-5-22(23-14-15-24(36-23)26(34)31-17-16-25(32)33)35-21-12-8-19(9-13-21)18-6-10-20(11-7-18)27(28,29)30/h6-15,22H,2-5,16-17H2,1H3,(H,31,34)(H,32,33). The molecular formula is C27H28F3NO4S. The van der Waals surface area contributed by atoms with Gasteiger partial charge in [-0.3, -0.25) is 9.59 Å². The number of unbranched alkanes of at least 4 members (excludes halogenated alkanes) is 2. The van der Waals surface area contributed by atoms with Crippen molar-refractivity contribution in [2.24, 2.45) is 0 Å². The minimum Gasteiger partial charge on any atom is -0.485 e. The second kappa shape index (κ2) is 12.6. The first-order valence-corrected chi connectivity index (χ1v) is 12.5. The van der Waals surface area contributed by atoms with Crippen molar-refractivity contribution in [3.8, 4) is 16.9 Å². The second-order valence-corrected chi connectivity index (χ2v) is 9.42. The molecule has 5 nitrogen and oxygen atoms in total. The number of thiophene rings is 1. The Morgan fingerprint density at radius 1 is 0.972 bits per heavy atom. The fourth-order valence-electron chi connectivity index (χ4n) is 3.60. The molecule has 3 rings (SSSR count). The number of hydrogen-bond donors (Lipinski definition) is 2. The Kier molecular flexibility index (Phi) is 9.52. The number of nitrogens with one attached hydrogen (secondary N) is 1. The van der Waals surface area contributed by atoms with Gasteiger partial charge in [-0.25, -0.2) is 0 Å². The van der Waals surface area contributed by atoms with Gasteiger partial charge in [0.1, 0.15) is 11.9 Å². The van der Waals surface area contributed by atoms with Gasteiger partial charge < -0.3 is 15.2 Å². The van der Waals surface area contributed by atoms with Gasteiger partial charge in [-0.1, -0.05) is 44.0 Å². The van der Waals surface area contributed by atoms with Crippen molar-refractivity contribution in [2.75, 3.05) is 6.54 Å². The first-order chi connectivity index (χ1) is 17.2. The highest BCUT2D eigenvalue weighted by atomic mass is 32.1. The maximum absolute atomic E-state index is 12.8. The van der Waals surface area contributed by atoms with Crippen LogP contribution in [0.15, 0.2) is 60.7 Å². The number of hydrogen-bond acceptors (Lipinski definition) is 4. The van der Waals surface area contributed by atoms with E-state index in [0.717, 1.165) is 48.3 Å². The average Bonchev–Trinajstić information content (AvgIpc) is 3.34. The molecule has 1 amide bonds. The Balaban J connectivity index is 1.70. The van der Waals surface area contributed by atoms with Gasteiger partial charge in [0.15, 0.2) is 0 Å². The summed E-state index contributed by atoms with van der Waals surface area (Å²) in [6.45, 7) is 2.17. The molecule has 2 N–H and O–H groups in total. The lowest BCUT2D eigenvalue weighted by Crippen LogP contribution is -2.25. The third-order valence-corrected chi connectivity index (χ3v) is 6.72. The van der Waals surface area contributed by atoms with Crippen molar-refractivity contribution >= 4 is 23.2 Å². The summed E-state index contributed by atoms with van der Waals surface area (Å²) >= 11 is 1.31. The van der Waals surface area contributed by atoms with Gasteiger partial charge in [-0.05, 0) is 60.4 Å². The van der Waals surface area contributed by atoms with E-state index in [2.05, 4.69) is 12.2 Å². The molecular weight excluding hydrogens is 491 g/mol. The zero-order valence-electron chi connectivity index (χ0n) is 19.8. The number of aliphatic carboxylic acids is 1. The molecule has 0 aliphatic carbocycles. The molecule has 1 unspecified atom stereocenters. The maximum atomic E-state index is 12.8. The fraction of sp³-hybridized carbons (Fsp3) is 0.333. The third kappa shape index (κ3) is 7.84. The predicted octanol–water partition coefficient (Wildman–Crippen LogP) is 7.34. The summed E-state index contributed by atoms with van der Waals surface area (Å²) in [5.41, 5.74) is 0.757. The summed E-state index contributed by atoms with van der Waals surface area (Å²) in [4.78, 5) is 24.4. The van der Waals surface area contributed by atoms with E-state index < -0.39 is 17.7 Å². The topological polar surface area (TPSA) is 75.6 Å². The van der Waals surface area contributed by atoms with Crippen LogP contribution in [0.4, 0.5) is 13.2 Å². The van der Waals surface area contributed by atoms with Crippen LogP contribution in [0.1, 0.15) is 65.2 Å². The van der Waals surface area contributed by atoms with Crippen molar-refractivity contribution < 1.29 is 32.6 Å². The van der Waals surface area contributed by atoms with Crippen molar-refractivity contribution in [3.63, 3.8) is 0 Å². The lowest BCUT2D eigenvalue weighted by atomic mass is 10.0. The molecule has 0 spiro atoms. The summed E-state index contributed by atoms with van der Waals surface area (Å²) in [7, 11) is 0. The van der Waals surface area contributed by atoms with E-state index in [1.54, 1.807) is 30.3 Å². The van der Waals surface area contributed by atoms with Crippen LogP contribution in [0.2, 0.25) is 0 Å². The molecule has 3 aromatic rings. The quantitative estimate of drug-likeness (QED) is 0.246. The van der Waals surface area contributed by atoms with Crippen LogP contribution in [0, 0.1) is 0 Å². The monoisotopic (exact) mass is 519 g/mol. The minimum atomic E-state index is -4.37. The highest BCUT2D eigenvalue weighted by Crippen LogP contribution is 2.34. The Bertz CT molecular complexity index is 1140. The number of amides is 1. The molecule has 2 aromatic carbocycles. The number of halogens is 3. The van der Waals surface area contributed by atoms with Crippen molar-refractivity contribution in [3.05, 3.63) is 76.0 Å². The van der Waals surface area contributed by atoms with E-state index in [-0.39, 0.29) is 25.0 Å². The van der Waals surface area contributed by atoms with E-state index in [1.807, 2.05) is 6.07 Å². The zero-order valence-corrected chi connectivity index (χ0v) is 20.6. The SMILES string of the molecule is CCCCCC(Oc1ccc(-c2ccc(C(F)(F)F)cc2)cc1)c1ccc(C(=O)NCCC(=O)O)s1. The molecule has 0 bridgehead atoms. The molecule has 0 radical (unpaired) electrons. The van der Waals surface area contributed by atoms with Gasteiger partial charge in [0.2, 0.25) is 0 Å². The molecule has 0 aliphatic rings. The molecule has 0 fully saturated rings. The molecule has 192 valence electrons. The predicted molar refractivity (Wildman–Crippen MR) is 133 cm³/mol. The molecule has 1 atom stereocenters. The van der Waals surface area contributed by atoms with Gasteiger partial charge >= 0.3 is 12.1 Å². The highest BCUT2D eigenvalue weighted by Gasteiger charge is 2.30. The van der Waals surface area contributed by atoms with Crippen molar-refractivity contribution in [1.82, 2.24) is 5.32 Å². The molecule has 0 saturated carbocycles. The van der Waals surface area contributed by atoms with Crippen molar-refractivity contribution in [2.45, 2.75) is 51.3 Å². The molecule has 1 aromatic heterocycles. The largest absolute Gasteiger partial charge is 0.485 e. The normalized spacial score (nSPS) is 12.2. The Labute approximate surface area is 211 Å². The number of carboxylic acid groups (broad SMARTS) is 1. The molecule has 0 saturated heterocycles. The fourth-order valence-corrected chi connectivity index (χ4v) is 4.59. The molecule has 9 heteroatoms. The van der Waals surface area contributed by atoms with E-state index in [1.165, 1.54) is 23.5 Å². The van der Waals surface area contributed by atoms with Gasteiger partial charge in [0.25, 0.3) is 5.91 Å². The van der Waals surface area contributed by atoms with Crippen LogP contribution >= 0.6 is 11.3 Å². The number of carboxylic acids is 1. The van der Waals surface area contributed by atoms with Gasteiger partial charge in [-0.15, -0.1) is 11.3 Å². The number of carbonyl (C=O) groups is 2. The number of rotatable bonds is 12. The summed E-state index contributed by atoms with van der Waals surface area (Å²) < 4.78 is 44.7. The highest BCUT2D eigenvalue weighted by molar-refractivity contribution is 7.14. The maximum Gasteiger partial charge on any atom is 0.416 e. The van der Waals surface area contributed by atoms with Crippen LogP contribution in [0.25, 0.3) is 11.1 Å². The number of ether oxygens (including phenoxy) is 1. The van der Waals surface area contributed by atoms with Crippen molar-refractivity contribution in [1.29, 1.82) is 0 Å². The minimum absolute atomic E-state index is 0.0586. The summed E-state index contributed by atoms with van der Waals surface area (Å²) in [5, 5.41) is 11.3. The van der Waals surface area contributed by atoms with Crippen LogP contribution in [-0.2, 0) is 11.0 Å². The molecule has 36 heavy (non-hydrogen) atoms. The lowest BCUT2D eigenvalue weighted by molar-refractivity contribution is -0.138. The van der Waals surface area contributed by atoms with Gasteiger partial charge in [0.05, 0.1) is 16.9 Å². The Morgan fingerprint density at radius 3 is 2.19 bits per heavy atom. The van der Waals surface area contributed by atoms with Crippen LogP contribution < -0.4 is 10.1 Å². The third-order valence-electron chi connectivity index (χ3n) is 5.54. The van der Waals surface area contributed by atoms with Gasteiger partial charge in [-0.2, -0.15) is 13.2 Å². The summed E-state index contributed by atoms with van der Waals surface area (Å²) in [6, 6.07) is 15.8. The van der Waals surface area contributed by atoms with E-state index in [4.69, 9.17) is 9.84 Å². The number of benzene rings is 2. The van der Waals surface area contributed by atoms with E-state index in [9.17, 15) is 22.8 Å². The molecule has 1 heterocycles. The van der Waals surface area contributed by atoms with Crippen LogP contribution in [-0.4, -0.2) is 23.5 Å². The average molecular weight is 520 g/mol. The molecule has 0 aliphatic heterocycles. The van der Waals surface area contributed by atoms with E-state index >= 15 is 0 Å². The Morgan fingerprint density at radius 2 is 1.61 bits per heavy atom. The summed E-state index contributed by atoms with van der Waals surface area (Å²) in [6.07, 6.45) is -0.979. The zero-order chi connectivity index (χ0) is 26.1. The van der Waals surface area contributed by atoms with Crippen LogP contribution in [0.5, 0.6) is 5.75 Å². The lowest BCUT2D eigenvalue weighted by Gasteiger charge is -2.18. The number of carbonyl (C=O) groups excluding carboxylic acids is 1. The summed E-state index contributed by atoms with van der Waals surface area (Å²) in [5.74, 6) is -0.676. The first-order valence-electron chi connectivity index (χ1n) is 11.7. The van der Waals surface area contributed by atoms with E-state index in [0.29, 0.717) is 16.2 Å². The first kappa shape index (κ1) is 27.3. The number of alkyl halides is 3. The van der Waals surface area contributed by atoms with Gasteiger partial charge in [0, 0.05) is 11.4 Å². The smallest absolute Gasteiger partial charge is 0.416 e. The second-order valence-electron chi connectivity index (χ2n) is 8.30. The van der Waals surface area contributed by atoms with Crippen LogP contribution in [0.3, 0.4) is 0 Å².